The minimum atomic E-state index is -1.36. The molecule has 1 spiro atoms. The number of carbonyl (C=O) groups excluding carboxylic acids is 2. The van der Waals surface area contributed by atoms with Crippen molar-refractivity contribution in [3.05, 3.63) is 45.6 Å². The quantitative estimate of drug-likeness (QED) is 0.620. The molecule has 5 rings (SSSR count). The maximum atomic E-state index is 13.6. The molecule has 1 aromatic carbocycles. The summed E-state index contributed by atoms with van der Waals surface area (Å²) in [7, 11) is 0. The minimum Gasteiger partial charge on any atom is -0.507 e. The van der Waals surface area contributed by atoms with E-state index in [0.717, 1.165) is 0 Å². The Bertz CT molecular complexity index is 1010. The Balaban J connectivity index is 1.77. The van der Waals surface area contributed by atoms with E-state index in [0.29, 0.717) is 43.6 Å². The van der Waals surface area contributed by atoms with Crippen molar-refractivity contribution in [2.24, 2.45) is 5.92 Å². The Morgan fingerprint density at radius 2 is 1.72 bits per heavy atom. The van der Waals surface area contributed by atoms with Crippen molar-refractivity contribution in [1.82, 2.24) is 0 Å². The Morgan fingerprint density at radius 3 is 2.41 bits per heavy atom. The van der Waals surface area contributed by atoms with E-state index in [1.165, 1.54) is 0 Å². The zero-order valence-corrected chi connectivity index (χ0v) is 16.0. The van der Waals surface area contributed by atoms with Crippen LogP contribution in [-0.4, -0.2) is 52.0 Å². The molecule has 1 heterocycles. The summed E-state index contributed by atoms with van der Waals surface area (Å²) in [6.45, 7) is 2.53. The summed E-state index contributed by atoms with van der Waals surface area (Å²) in [6, 6.07) is 0. The third-order valence-electron chi connectivity index (χ3n) is 6.51. The van der Waals surface area contributed by atoms with Crippen LogP contribution in [-0.2, 0) is 22.3 Å². The molecule has 1 aromatic rings. The van der Waals surface area contributed by atoms with E-state index in [-0.39, 0.29) is 46.1 Å². The number of aromatic hydroxyl groups is 2. The first kappa shape index (κ1) is 18.5. The monoisotopic (exact) mass is 398 g/mol. The van der Waals surface area contributed by atoms with Crippen LogP contribution in [0.25, 0.3) is 0 Å². The van der Waals surface area contributed by atoms with E-state index in [2.05, 4.69) is 0 Å². The van der Waals surface area contributed by atoms with E-state index in [4.69, 9.17) is 9.47 Å². The van der Waals surface area contributed by atoms with Crippen LogP contribution in [0, 0.1) is 5.92 Å². The summed E-state index contributed by atoms with van der Waals surface area (Å²) in [5, 5.41) is 31.8. The summed E-state index contributed by atoms with van der Waals surface area (Å²) in [5.41, 5.74) is 0.585. The molecule has 3 N–H and O–H groups in total. The first-order chi connectivity index (χ1) is 13.9. The fraction of sp³-hybridized carbons (Fsp3) is 0.455. The molecule has 7 nitrogen and oxygen atoms in total. The third kappa shape index (κ3) is 2.29. The number of hydrogen-bond donors (Lipinski definition) is 3. The summed E-state index contributed by atoms with van der Waals surface area (Å²) in [5.74, 6) is -3.33. The number of carbonyl (C=O) groups is 2. The van der Waals surface area contributed by atoms with Crippen LogP contribution in [0.1, 0.15) is 51.6 Å². The van der Waals surface area contributed by atoms with Crippen LogP contribution >= 0.6 is 0 Å². The van der Waals surface area contributed by atoms with E-state index in [1.54, 1.807) is 6.08 Å². The molecule has 1 unspecified atom stereocenters. The zero-order valence-electron chi connectivity index (χ0n) is 16.0. The van der Waals surface area contributed by atoms with Gasteiger partial charge in [0.2, 0.25) is 5.79 Å². The van der Waals surface area contributed by atoms with Gasteiger partial charge in [-0.25, -0.2) is 0 Å². The number of Topliss-reactive ketones (excluding diaryl/α,β-unsaturated/α-hetero) is 2. The second-order valence-electron chi connectivity index (χ2n) is 7.99. The number of aliphatic hydroxyl groups is 1. The van der Waals surface area contributed by atoms with Crippen molar-refractivity contribution in [3.63, 3.8) is 0 Å². The summed E-state index contributed by atoms with van der Waals surface area (Å²) < 4.78 is 11.8. The van der Waals surface area contributed by atoms with Crippen molar-refractivity contribution < 1.29 is 34.4 Å². The predicted octanol–water partition coefficient (Wildman–Crippen LogP) is 1.96. The third-order valence-corrected chi connectivity index (χ3v) is 6.51. The van der Waals surface area contributed by atoms with Crippen LogP contribution in [0.2, 0.25) is 0 Å². The Kier molecular flexibility index (Phi) is 4.00. The van der Waals surface area contributed by atoms with E-state index < -0.39 is 23.5 Å². The molecule has 0 radical (unpaired) electrons. The van der Waals surface area contributed by atoms with Crippen molar-refractivity contribution in [2.75, 3.05) is 13.2 Å². The summed E-state index contributed by atoms with van der Waals surface area (Å²) in [4.78, 5) is 27.0. The fourth-order valence-electron chi connectivity index (χ4n) is 5.12. The molecule has 0 amide bonds. The van der Waals surface area contributed by atoms with Crippen molar-refractivity contribution >= 4 is 11.6 Å². The summed E-state index contributed by atoms with van der Waals surface area (Å²) >= 11 is 0. The van der Waals surface area contributed by atoms with E-state index >= 15 is 0 Å². The van der Waals surface area contributed by atoms with Gasteiger partial charge in [-0.15, -0.1) is 0 Å². The lowest BCUT2D eigenvalue weighted by Gasteiger charge is -2.40. The largest absolute Gasteiger partial charge is 0.507 e. The lowest BCUT2D eigenvalue weighted by Crippen LogP contribution is -2.47. The van der Waals surface area contributed by atoms with Gasteiger partial charge in [0.25, 0.3) is 0 Å². The number of rotatable bonds is 1. The molecule has 1 fully saturated rings. The second-order valence-corrected chi connectivity index (χ2v) is 7.99. The number of ether oxygens (including phenoxy) is 2. The lowest BCUT2D eigenvalue weighted by atomic mass is 9.71. The van der Waals surface area contributed by atoms with Crippen LogP contribution < -0.4 is 0 Å². The fourth-order valence-corrected chi connectivity index (χ4v) is 5.12. The van der Waals surface area contributed by atoms with Gasteiger partial charge in [-0.2, -0.15) is 0 Å². The molecule has 7 heteroatoms. The molecular formula is C22H22O7. The molecule has 152 valence electrons. The maximum Gasteiger partial charge on any atom is 0.206 e. The Hall–Kier alpha value is -2.48. The molecule has 2 atom stereocenters. The highest BCUT2D eigenvalue weighted by Gasteiger charge is 2.55. The molecular weight excluding hydrogens is 376 g/mol. The second kappa shape index (κ2) is 6.26. The molecule has 4 aliphatic rings. The average molecular weight is 398 g/mol. The van der Waals surface area contributed by atoms with E-state index in [1.807, 2.05) is 13.0 Å². The minimum absolute atomic E-state index is 0.0906. The van der Waals surface area contributed by atoms with E-state index in [9.17, 15) is 24.9 Å². The first-order valence-electron chi connectivity index (χ1n) is 9.98. The highest BCUT2D eigenvalue weighted by molar-refractivity contribution is 6.31. The molecule has 0 saturated carbocycles. The Labute approximate surface area is 167 Å². The van der Waals surface area contributed by atoms with Gasteiger partial charge in [0.05, 0.1) is 36.0 Å². The normalized spacial score (nSPS) is 27.2. The number of phenols is 2. The average Bonchev–Trinajstić information content (AvgIpc) is 3.18. The SMILES string of the molecule is CCC1C=CC2=C(C(=O)c3c(O)c4c(c(O)c3C2=O)CC[C@@H](O)C4)C12OCCO2. The number of phenolic OH excluding ortho intramolecular Hbond substituents is 2. The standard InChI is InChI=1S/C22H22O7/c1-2-10-3-5-13-17(22(10)28-7-8-29-22)21(27)16-15(19(13)25)18(24)12-6-4-11(23)9-14(12)20(16)26/h3,5,10-11,23-24,26H,2,4,6-9H2,1H3/t10?,11-/m1/s1. The molecule has 1 aliphatic heterocycles. The number of aliphatic hydroxyl groups excluding tert-OH is 1. The lowest BCUT2D eigenvalue weighted by molar-refractivity contribution is -0.153. The molecule has 0 aromatic heterocycles. The number of ketones is 2. The Morgan fingerprint density at radius 1 is 1.07 bits per heavy atom. The topological polar surface area (TPSA) is 113 Å². The highest BCUT2D eigenvalue weighted by Crippen LogP contribution is 2.51. The van der Waals surface area contributed by atoms with Gasteiger partial charge < -0.3 is 24.8 Å². The van der Waals surface area contributed by atoms with Gasteiger partial charge in [0.15, 0.2) is 11.6 Å². The number of allylic oxidation sites excluding steroid dienone is 2. The molecule has 3 aliphatic carbocycles. The smallest absolute Gasteiger partial charge is 0.206 e. The van der Waals surface area contributed by atoms with Crippen molar-refractivity contribution in [3.8, 4) is 11.5 Å². The predicted molar refractivity (Wildman–Crippen MR) is 101 cm³/mol. The van der Waals surface area contributed by atoms with Gasteiger partial charge in [-0.05, 0) is 19.3 Å². The van der Waals surface area contributed by atoms with Crippen LogP contribution in [0.5, 0.6) is 11.5 Å². The molecule has 1 saturated heterocycles. The van der Waals surface area contributed by atoms with Crippen LogP contribution in [0.15, 0.2) is 23.3 Å². The van der Waals surface area contributed by atoms with Gasteiger partial charge in [0, 0.05) is 29.0 Å². The molecule has 0 bridgehead atoms. The maximum absolute atomic E-state index is 13.6. The van der Waals surface area contributed by atoms with Gasteiger partial charge in [-0.3, -0.25) is 9.59 Å². The molecule has 29 heavy (non-hydrogen) atoms. The number of benzene rings is 1. The first-order valence-corrected chi connectivity index (χ1v) is 9.98. The van der Waals surface area contributed by atoms with Gasteiger partial charge >= 0.3 is 0 Å². The highest BCUT2D eigenvalue weighted by atomic mass is 16.7. The van der Waals surface area contributed by atoms with Crippen molar-refractivity contribution in [2.45, 2.75) is 44.5 Å². The number of hydrogen-bond acceptors (Lipinski definition) is 7. The van der Waals surface area contributed by atoms with Gasteiger partial charge in [-0.1, -0.05) is 19.1 Å². The van der Waals surface area contributed by atoms with Crippen LogP contribution in [0.3, 0.4) is 0 Å². The van der Waals surface area contributed by atoms with Crippen LogP contribution in [0.4, 0.5) is 0 Å². The number of fused-ring (bicyclic) bond motifs is 3. The zero-order chi connectivity index (χ0) is 20.5. The summed E-state index contributed by atoms with van der Waals surface area (Å²) in [6.07, 6.45) is 4.22. The van der Waals surface area contributed by atoms with Gasteiger partial charge in [0.1, 0.15) is 11.5 Å². The van der Waals surface area contributed by atoms with Crippen molar-refractivity contribution in [1.29, 1.82) is 0 Å².